The fraction of sp³-hybridized carbons (Fsp3) is 0.361. The molecule has 194 valence electrons. The molecule has 6 rings (SSSR count). The summed E-state index contributed by atoms with van der Waals surface area (Å²) in [5.74, 6) is 1.06. The Morgan fingerprint density at radius 3 is 2.21 bits per heavy atom. The number of ether oxygens (including phenoxy) is 1. The number of allylic oxidation sites excluding steroid dienone is 4. The Balaban J connectivity index is 1.45. The van der Waals surface area contributed by atoms with Gasteiger partial charge in [-0.25, -0.2) is 0 Å². The Bertz CT molecular complexity index is 1290. The highest BCUT2D eigenvalue weighted by molar-refractivity contribution is 5.80. The number of benzene rings is 3. The van der Waals surface area contributed by atoms with Crippen molar-refractivity contribution in [3.63, 3.8) is 0 Å². The first-order chi connectivity index (χ1) is 18.6. The van der Waals surface area contributed by atoms with E-state index in [0.717, 1.165) is 44.9 Å². The summed E-state index contributed by atoms with van der Waals surface area (Å²) in [4.78, 5) is 14.5. The molecule has 2 heteroatoms. The lowest BCUT2D eigenvalue weighted by Crippen LogP contribution is -2.56. The molecule has 3 aliphatic carbocycles. The molecule has 0 heterocycles. The van der Waals surface area contributed by atoms with Crippen LogP contribution in [0.15, 0.2) is 115 Å². The summed E-state index contributed by atoms with van der Waals surface area (Å²) in [5.41, 5.74) is 2.21. The predicted octanol–water partition coefficient (Wildman–Crippen LogP) is 8.64. The monoisotopic (exact) mass is 502 g/mol. The average molecular weight is 503 g/mol. The molecule has 0 aromatic heterocycles. The zero-order chi connectivity index (χ0) is 25.9. The summed E-state index contributed by atoms with van der Waals surface area (Å²) in [6.45, 7) is 0. The van der Waals surface area contributed by atoms with Crippen LogP contribution in [0.4, 0.5) is 0 Å². The van der Waals surface area contributed by atoms with Gasteiger partial charge in [0, 0.05) is 0 Å². The molecule has 2 fully saturated rings. The minimum Gasteiger partial charge on any atom is -0.426 e. The molecule has 38 heavy (non-hydrogen) atoms. The van der Waals surface area contributed by atoms with Crippen LogP contribution in [-0.4, -0.2) is 5.97 Å². The lowest BCUT2D eigenvalue weighted by molar-refractivity contribution is -0.160. The second-order valence-corrected chi connectivity index (χ2v) is 12.0. The van der Waals surface area contributed by atoms with Gasteiger partial charge in [0.15, 0.2) is 0 Å². The van der Waals surface area contributed by atoms with Crippen molar-refractivity contribution in [2.24, 2.45) is 16.7 Å². The van der Waals surface area contributed by atoms with Crippen molar-refractivity contribution in [2.75, 3.05) is 0 Å². The summed E-state index contributed by atoms with van der Waals surface area (Å²) >= 11 is 0. The summed E-state index contributed by atoms with van der Waals surface area (Å²) in [5, 5.41) is 0. The van der Waals surface area contributed by atoms with Crippen LogP contribution >= 0.6 is 0 Å². The average Bonchev–Trinajstić information content (AvgIpc) is 2.98. The Morgan fingerprint density at radius 1 is 0.789 bits per heavy atom. The van der Waals surface area contributed by atoms with Crippen LogP contribution in [-0.2, 0) is 16.6 Å². The predicted molar refractivity (Wildman–Crippen MR) is 154 cm³/mol. The lowest BCUT2D eigenvalue weighted by atomic mass is 9.43. The van der Waals surface area contributed by atoms with Crippen LogP contribution in [0, 0.1) is 16.7 Å². The Morgan fingerprint density at radius 2 is 1.50 bits per heavy atom. The van der Waals surface area contributed by atoms with Crippen molar-refractivity contribution in [3.8, 4) is 5.75 Å². The SMILES string of the molecule is O=C(Oc1ccccc1)C1(CCc2ccccc2)CC2(c3ccccc3)CCCC(C3C=CC=CC3)(C1)C2. The Labute approximate surface area is 227 Å². The largest absolute Gasteiger partial charge is 0.426 e. The van der Waals surface area contributed by atoms with Gasteiger partial charge < -0.3 is 4.74 Å². The maximum Gasteiger partial charge on any atom is 0.317 e. The first kappa shape index (κ1) is 24.9. The summed E-state index contributed by atoms with van der Waals surface area (Å²) in [7, 11) is 0. The van der Waals surface area contributed by atoms with Crippen molar-refractivity contribution in [3.05, 3.63) is 126 Å². The van der Waals surface area contributed by atoms with Crippen LogP contribution in [0.5, 0.6) is 5.75 Å². The van der Waals surface area contributed by atoms with E-state index >= 15 is 0 Å². The zero-order valence-corrected chi connectivity index (χ0v) is 22.2. The van der Waals surface area contributed by atoms with Crippen LogP contribution in [0.3, 0.4) is 0 Å². The number of aryl methyl sites for hydroxylation is 1. The first-order valence-corrected chi connectivity index (χ1v) is 14.3. The standard InChI is InChI=1S/C36H38O2/c37-33(38-32-20-11-4-12-21-32)36(25-22-29-14-5-1-6-15-29)27-34(30-16-7-2-8-17-30)23-13-24-35(26-34,28-36)31-18-9-3-10-19-31/h1-12,14-18,20-21,31H,13,19,22-28H2. The number of rotatable bonds is 7. The Hall–Kier alpha value is -3.39. The van der Waals surface area contributed by atoms with Gasteiger partial charge in [-0.3, -0.25) is 4.79 Å². The van der Waals surface area contributed by atoms with E-state index in [0.29, 0.717) is 11.7 Å². The summed E-state index contributed by atoms with van der Waals surface area (Å²) in [6, 6.07) is 31.4. The van der Waals surface area contributed by atoms with Gasteiger partial charge in [-0.1, -0.05) is 110 Å². The molecule has 2 bridgehead atoms. The molecule has 2 nitrogen and oxygen atoms in total. The van der Waals surface area contributed by atoms with E-state index < -0.39 is 5.41 Å². The number of hydrogen-bond acceptors (Lipinski definition) is 2. The van der Waals surface area contributed by atoms with Gasteiger partial charge >= 0.3 is 5.97 Å². The van der Waals surface area contributed by atoms with Crippen molar-refractivity contribution in [2.45, 2.75) is 63.2 Å². The number of hydrogen-bond donors (Lipinski definition) is 0. The maximum absolute atomic E-state index is 14.5. The topological polar surface area (TPSA) is 26.3 Å². The molecule has 0 radical (unpaired) electrons. The van der Waals surface area contributed by atoms with E-state index in [2.05, 4.69) is 85.0 Å². The van der Waals surface area contributed by atoms with Crippen LogP contribution in [0.1, 0.15) is 62.5 Å². The first-order valence-electron chi connectivity index (χ1n) is 14.3. The highest BCUT2D eigenvalue weighted by Gasteiger charge is 2.61. The van der Waals surface area contributed by atoms with E-state index in [-0.39, 0.29) is 16.8 Å². The van der Waals surface area contributed by atoms with Crippen molar-refractivity contribution >= 4 is 5.97 Å². The smallest absolute Gasteiger partial charge is 0.317 e. The molecular formula is C36H38O2. The van der Waals surface area contributed by atoms with Gasteiger partial charge in [0.25, 0.3) is 0 Å². The van der Waals surface area contributed by atoms with Crippen molar-refractivity contribution < 1.29 is 9.53 Å². The van der Waals surface area contributed by atoms with E-state index in [9.17, 15) is 4.79 Å². The highest BCUT2D eigenvalue weighted by Crippen LogP contribution is 2.66. The second-order valence-electron chi connectivity index (χ2n) is 12.0. The number of fused-ring (bicyclic) bond motifs is 2. The van der Waals surface area contributed by atoms with Crippen molar-refractivity contribution in [1.82, 2.24) is 0 Å². The molecule has 0 amide bonds. The third-order valence-corrected chi connectivity index (χ3v) is 9.66. The number of esters is 1. The number of para-hydroxylation sites is 1. The minimum absolute atomic E-state index is 0.0147. The third kappa shape index (κ3) is 4.77. The van der Waals surface area contributed by atoms with Gasteiger partial charge in [-0.15, -0.1) is 0 Å². The Kier molecular flexibility index (Phi) is 6.82. The van der Waals surface area contributed by atoms with Crippen molar-refractivity contribution in [1.29, 1.82) is 0 Å². The molecule has 3 aromatic carbocycles. The fourth-order valence-electron chi connectivity index (χ4n) is 8.09. The van der Waals surface area contributed by atoms with Gasteiger partial charge in [0.1, 0.15) is 5.75 Å². The molecule has 0 aliphatic heterocycles. The van der Waals surface area contributed by atoms with Gasteiger partial charge in [-0.2, -0.15) is 0 Å². The number of carbonyl (C=O) groups is 1. The number of carbonyl (C=O) groups excluding carboxylic acids is 1. The molecule has 0 N–H and O–H groups in total. The molecule has 2 saturated carbocycles. The molecule has 4 atom stereocenters. The molecule has 3 aromatic rings. The minimum atomic E-state index is -0.546. The van der Waals surface area contributed by atoms with Crippen LogP contribution < -0.4 is 4.74 Å². The second kappa shape index (κ2) is 10.4. The molecule has 4 unspecified atom stereocenters. The fourth-order valence-corrected chi connectivity index (χ4v) is 8.09. The van der Waals surface area contributed by atoms with E-state index in [1.807, 2.05) is 30.3 Å². The lowest BCUT2D eigenvalue weighted by Gasteiger charge is -2.61. The van der Waals surface area contributed by atoms with Gasteiger partial charge in [-0.05, 0) is 91.4 Å². The van der Waals surface area contributed by atoms with E-state index in [1.54, 1.807) is 0 Å². The third-order valence-electron chi connectivity index (χ3n) is 9.66. The quantitative estimate of drug-likeness (QED) is 0.239. The normalized spacial score (nSPS) is 30.1. The van der Waals surface area contributed by atoms with Gasteiger partial charge in [0.05, 0.1) is 5.41 Å². The molecular weight excluding hydrogens is 464 g/mol. The van der Waals surface area contributed by atoms with E-state index in [4.69, 9.17) is 4.74 Å². The van der Waals surface area contributed by atoms with Crippen LogP contribution in [0.2, 0.25) is 0 Å². The molecule has 3 aliphatic rings. The highest BCUT2D eigenvalue weighted by atomic mass is 16.5. The van der Waals surface area contributed by atoms with Crippen LogP contribution in [0.25, 0.3) is 0 Å². The summed E-state index contributed by atoms with van der Waals surface area (Å²) in [6.07, 6.45) is 18.3. The van der Waals surface area contributed by atoms with E-state index in [1.165, 1.54) is 24.0 Å². The molecule has 0 spiro atoms. The maximum atomic E-state index is 14.5. The zero-order valence-electron chi connectivity index (χ0n) is 22.2. The summed E-state index contributed by atoms with van der Waals surface area (Å²) < 4.78 is 6.25. The van der Waals surface area contributed by atoms with Gasteiger partial charge in [0.2, 0.25) is 0 Å². The molecule has 0 saturated heterocycles.